The smallest absolute Gasteiger partial charge is 0.369 e. The molecule has 0 aromatic heterocycles. The first-order valence-corrected chi connectivity index (χ1v) is 10.4. The van der Waals surface area contributed by atoms with Crippen LogP contribution < -0.4 is 10.8 Å². The van der Waals surface area contributed by atoms with Gasteiger partial charge in [0.25, 0.3) is 0 Å². The van der Waals surface area contributed by atoms with Crippen LogP contribution in [0.1, 0.15) is 26.7 Å². The number of hydroxylamine groups is 1. The lowest BCUT2D eigenvalue weighted by molar-refractivity contribution is -0.140. The van der Waals surface area contributed by atoms with Crippen molar-refractivity contribution in [1.82, 2.24) is 5.48 Å². The average molecular weight is 370 g/mol. The summed E-state index contributed by atoms with van der Waals surface area (Å²) in [6, 6.07) is 11.8. The Morgan fingerprint density at radius 1 is 1.25 bits per heavy atom. The van der Waals surface area contributed by atoms with E-state index in [0.29, 0.717) is 17.3 Å². The molecular weight excluding hydrogens is 349 g/mol. The molecule has 5 nitrogen and oxygen atoms in total. The third-order valence-electron chi connectivity index (χ3n) is 3.48. The Hall–Kier alpha value is -1.39. The molecule has 0 saturated carbocycles. The fourth-order valence-electron chi connectivity index (χ4n) is 2.13. The van der Waals surface area contributed by atoms with Gasteiger partial charge in [-0.15, -0.1) is 0 Å². The van der Waals surface area contributed by atoms with Gasteiger partial charge in [0.2, 0.25) is 0 Å². The topological polar surface area (TPSA) is 64.6 Å². The minimum Gasteiger partial charge on any atom is -0.396 e. The zero-order chi connectivity index (χ0) is 17.6. The zero-order valence-electron chi connectivity index (χ0n) is 13.7. The van der Waals surface area contributed by atoms with Gasteiger partial charge < -0.3 is 9.36 Å². The molecule has 1 unspecified atom stereocenters. The molecule has 0 aliphatic carbocycles. The first-order valence-electron chi connectivity index (χ1n) is 7.84. The highest BCUT2D eigenvalue weighted by Crippen LogP contribution is 2.52. The molecule has 0 bridgehead atoms. The van der Waals surface area contributed by atoms with E-state index in [0.717, 1.165) is 18.2 Å². The zero-order valence-corrected chi connectivity index (χ0v) is 15.3. The molecule has 0 radical (unpaired) electrons. The molecule has 0 saturated heterocycles. The third-order valence-corrected chi connectivity index (χ3v) is 5.61. The molecule has 1 N–H and O–H groups in total. The van der Waals surface area contributed by atoms with Crippen molar-refractivity contribution in [3.63, 3.8) is 0 Å². The second-order valence-electron chi connectivity index (χ2n) is 5.43. The van der Waals surface area contributed by atoms with Crippen molar-refractivity contribution in [2.45, 2.75) is 32.7 Å². The van der Waals surface area contributed by atoms with E-state index in [1.807, 2.05) is 31.2 Å². The largest absolute Gasteiger partial charge is 0.396 e. The molecule has 0 spiro atoms. The lowest BCUT2D eigenvalue weighted by Gasteiger charge is -2.17. The molecule has 0 aliphatic rings. The first-order chi connectivity index (χ1) is 11.5. The molecular formula is C17H21ClNO4P. The summed E-state index contributed by atoms with van der Waals surface area (Å²) in [5.41, 5.74) is 2.57. The third kappa shape index (κ3) is 4.81. The quantitative estimate of drug-likeness (QED) is 0.430. The second-order valence-corrected chi connectivity index (χ2v) is 8.39. The van der Waals surface area contributed by atoms with Gasteiger partial charge in [0.15, 0.2) is 0 Å². The van der Waals surface area contributed by atoms with Crippen molar-refractivity contribution in [3.8, 4) is 0 Å². The Bertz CT molecular complexity index is 747. The van der Waals surface area contributed by atoms with Crippen molar-refractivity contribution in [2.75, 3.05) is 6.61 Å². The van der Waals surface area contributed by atoms with Crippen LogP contribution in [0.2, 0.25) is 0 Å². The van der Waals surface area contributed by atoms with Crippen LogP contribution in [0.5, 0.6) is 0 Å². The number of carbonyl (C=O) groups is 1. The molecule has 130 valence electrons. The summed E-state index contributed by atoms with van der Waals surface area (Å²) in [4.78, 5) is 17.3. The summed E-state index contributed by atoms with van der Waals surface area (Å²) >= 11 is 6.11. The Kier molecular flexibility index (Phi) is 6.81. The van der Waals surface area contributed by atoms with Crippen molar-refractivity contribution in [3.05, 3.63) is 42.5 Å². The van der Waals surface area contributed by atoms with Crippen LogP contribution in [-0.4, -0.2) is 18.6 Å². The fourth-order valence-corrected chi connectivity index (χ4v) is 4.02. The number of unbranched alkanes of at least 4 members (excludes halogenated alkanes) is 1. The summed E-state index contributed by atoms with van der Waals surface area (Å²) in [6.07, 6.45) is 1.86. The predicted molar refractivity (Wildman–Crippen MR) is 96.6 cm³/mol. The van der Waals surface area contributed by atoms with Crippen LogP contribution in [0.15, 0.2) is 42.5 Å². The van der Waals surface area contributed by atoms with Crippen LogP contribution in [0.4, 0.5) is 0 Å². The highest BCUT2D eigenvalue weighted by molar-refractivity contribution is 7.92. The molecule has 2 rings (SSSR count). The van der Waals surface area contributed by atoms with Crippen molar-refractivity contribution in [1.29, 1.82) is 0 Å². The van der Waals surface area contributed by atoms with Crippen molar-refractivity contribution >= 4 is 40.0 Å². The summed E-state index contributed by atoms with van der Waals surface area (Å²) in [5.74, 6) is -0.724. The summed E-state index contributed by atoms with van der Waals surface area (Å²) in [6.45, 7) is 0.264. The first kappa shape index (κ1) is 18.9. The standard InChI is InChI=1S/C17H21ClNO4P/c1-3-4-12-22-19-13(2)17(20)23-24(18,21)16-11-7-9-14-8-5-6-10-15(14)16/h5-11,13,19H,3-4,12H2,1-2H3/t13-,24?/m0/s1. The van der Waals surface area contributed by atoms with Gasteiger partial charge in [0, 0.05) is 0 Å². The Morgan fingerprint density at radius 2 is 1.96 bits per heavy atom. The molecule has 2 aromatic rings. The SMILES string of the molecule is CCCCON[C@@H](C)C(=O)OP(=O)(Cl)c1cccc2ccccc12. The van der Waals surface area contributed by atoms with Gasteiger partial charge in [-0.05, 0) is 41.4 Å². The predicted octanol–water partition coefficient (Wildman–Crippen LogP) is 4.15. The van der Waals surface area contributed by atoms with E-state index in [-0.39, 0.29) is 0 Å². The van der Waals surface area contributed by atoms with Crippen LogP contribution >= 0.6 is 18.0 Å². The number of nitrogens with one attached hydrogen (secondary N) is 1. The van der Waals surface area contributed by atoms with E-state index < -0.39 is 18.7 Å². The molecule has 2 atom stereocenters. The van der Waals surface area contributed by atoms with Crippen LogP contribution in [0.25, 0.3) is 10.8 Å². The highest BCUT2D eigenvalue weighted by atomic mass is 35.7. The van der Waals surface area contributed by atoms with E-state index in [1.165, 1.54) is 0 Å². The van der Waals surface area contributed by atoms with Gasteiger partial charge in [0.05, 0.1) is 11.9 Å². The van der Waals surface area contributed by atoms with Crippen LogP contribution in [-0.2, 0) is 18.7 Å². The minimum atomic E-state index is -3.82. The van der Waals surface area contributed by atoms with Gasteiger partial charge in [-0.3, -0.25) is 4.57 Å². The number of halogens is 1. The van der Waals surface area contributed by atoms with E-state index in [9.17, 15) is 9.36 Å². The molecule has 0 fully saturated rings. The van der Waals surface area contributed by atoms with E-state index in [4.69, 9.17) is 20.6 Å². The van der Waals surface area contributed by atoms with Crippen LogP contribution in [0.3, 0.4) is 0 Å². The Labute approximate surface area is 146 Å². The highest BCUT2D eigenvalue weighted by Gasteiger charge is 2.31. The second kappa shape index (κ2) is 8.63. The number of hydrogen-bond donors (Lipinski definition) is 1. The van der Waals surface area contributed by atoms with Gasteiger partial charge in [-0.2, -0.15) is 5.48 Å². The fraction of sp³-hybridized carbons (Fsp3) is 0.353. The van der Waals surface area contributed by atoms with E-state index >= 15 is 0 Å². The van der Waals surface area contributed by atoms with E-state index in [1.54, 1.807) is 25.1 Å². The maximum atomic E-state index is 12.8. The maximum Gasteiger partial charge on any atom is 0.369 e. The van der Waals surface area contributed by atoms with Gasteiger partial charge in [-0.25, -0.2) is 4.79 Å². The molecule has 2 aromatic carbocycles. The summed E-state index contributed by atoms with van der Waals surface area (Å²) in [5, 5.41) is 1.89. The lowest BCUT2D eigenvalue weighted by Crippen LogP contribution is -2.35. The van der Waals surface area contributed by atoms with Crippen molar-refractivity contribution in [2.24, 2.45) is 0 Å². The molecule has 0 heterocycles. The maximum absolute atomic E-state index is 12.8. The Morgan fingerprint density at radius 3 is 2.71 bits per heavy atom. The van der Waals surface area contributed by atoms with Gasteiger partial charge in [0.1, 0.15) is 6.04 Å². The monoisotopic (exact) mass is 369 g/mol. The molecule has 7 heteroatoms. The molecule has 0 amide bonds. The van der Waals surface area contributed by atoms with Gasteiger partial charge >= 0.3 is 12.7 Å². The van der Waals surface area contributed by atoms with Crippen molar-refractivity contribution < 1.29 is 18.7 Å². The minimum absolute atomic E-state index is 0.315. The lowest BCUT2D eigenvalue weighted by atomic mass is 10.1. The number of carbonyl (C=O) groups excluding carboxylic acids is 1. The average Bonchev–Trinajstić information content (AvgIpc) is 2.57. The molecule has 24 heavy (non-hydrogen) atoms. The number of benzene rings is 2. The van der Waals surface area contributed by atoms with Gasteiger partial charge in [-0.1, -0.05) is 49.7 Å². The molecule has 0 aliphatic heterocycles. The summed E-state index contributed by atoms with van der Waals surface area (Å²) < 4.78 is 17.9. The summed E-state index contributed by atoms with van der Waals surface area (Å²) in [7, 11) is 0. The number of fused-ring (bicyclic) bond motifs is 1. The van der Waals surface area contributed by atoms with Crippen LogP contribution in [0, 0.1) is 0 Å². The Balaban J connectivity index is 2.09. The number of hydrogen-bond acceptors (Lipinski definition) is 5. The normalized spacial score (nSPS) is 15.0. The van der Waals surface area contributed by atoms with E-state index in [2.05, 4.69) is 5.48 Å². The number of rotatable bonds is 8.